The van der Waals surface area contributed by atoms with Gasteiger partial charge in [0.25, 0.3) is 6.01 Å². The topological polar surface area (TPSA) is 29.3 Å². The number of hydrogen-bond donors (Lipinski definition) is 0. The molecule has 0 aliphatic rings. The highest BCUT2D eigenvalue weighted by molar-refractivity contribution is 6.30. The Bertz CT molecular complexity index is 448. The number of oxazole rings is 1. The van der Waals surface area contributed by atoms with Crippen molar-refractivity contribution in [1.29, 1.82) is 0 Å². The van der Waals surface area contributed by atoms with Crippen LogP contribution >= 0.6 is 11.6 Å². The third-order valence-electron chi connectivity index (χ3n) is 2.00. The molecule has 0 bridgehead atoms. The van der Waals surface area contributed by atoms with Crippen molar-refractivity contribution in [2.24, 2.45) is 0 Å². The van der Waals surface area contributed by atoms with E-state index in [0.29, 0.717) is 11.0 Å². The molecule has 0 saturated heterocycles. The van der Waals surface area contributed by atoms with Crippen LogP contribution in [0.15, 0.2) is 34.9 Å². The summed E-state index contributed by atoms with van der Waals surface area (Å²) in [6.07, 6.45) is 1.71. The van der Waals surface area contributed by atoms with E-state index < -0.39 is 0 Å². The van der Waals surface area contributed by atoms with Gasteiger partial charge < -0.3 is 9.32 Å². The Labute approximate surface area is 93.3 Å². The third-order valence-corrected chi connectivity index (χ3v) is 2.26. The van der Waals surface area contributed by atoms with Gasteiger partial charge in [0.05, 0.1) is 6.20 Å². The van der Waals surface area contributed by atoms with Crippen molar-refractivity contribution in [3.63, 3.8) is 0 Å². The zero-order valence-corrected chi connectivity index (χ0v) is 9.32. The van der Waals surface area contributed by atoms with Crippen LogP contribution in [0.1, 0.15) is 0 Å². The van der Waals surface area contributed by atoms with E-state index in [-0.39, 0.29) is 0 Å². The second-order valence-electron chi connectivity index (χ2n) is 3.41. The molecule has 0 aliphatic carbocycles. The standard InChI is InChI=1S/C11H11ClN2O/c1-14(2)11-13-7-10(15-11)8-3-5-9(12)6-4-8/h3-7H,1-2H3. The molecule has 2 rings (SSSR count). The highest BCUT2D eigenvalue weighted by Gasteiger charge is 2.06. The second kappa shape index (κ2) is 3.95. The molecule has 0 N–H and O–H groups in total. The molecule has 0 amide bonds. The molecule has 1 aromatic heterocycles. The number of benzene rings is 1. The summed E-state index contributed by atoms with van der Waals surface area (Å²) in [5, 5.41) is 0.714. The predicted octanol–water partition coefficient (Wildman–Crippen LogP) is 3.06. The normalized spacial score (nSPS) is 10.3. The maximum absolute atomic E-state index is 5.80. The molecule has 3 nitrogen and oxygen atoms in total. The molecule has 4 heteroatoms. The van der Waals surface area contributed by atoms with Gasteiger partial charge >= 0.3 is 0 Å². The van der Waals surface area contributed by atoms with Gasteiger partial charge in [-0.25, -0.2) is 4.98 Å². The summed E-state index contributed by atoms with van der Waals surface area (Å²) >= 11 is 5.80. The maximum Gasteiger partial charge on any atom is 0.297 e. The molecule has 0 radical (unpaired) electrons. The molecule has 0 saturated carbocycles. The Morgan fingerprint density at radius 3 is 2.40 bits per heavy atom. The van der Waals surface area contributed by atoms with Crippen LogP contribution in [0, 0.1) is 0 Å². The summed E-state index contributed by atoms with van der Waals surface area (Å²) in [4.78, 5) is 5.96. The van der Waals surface area contributed by atoms with Gasteiger partial charge in [-0.2, -0.15) is 0 Å². The molecule has 0 fully saturated rings. The van der Waals surface area contributed by atoms with Crippen molar-refractivity contribution in [2.45, 2.75) is 0 Å². The predicted molar refractivity (Wildman–Crippen MR) is 61.3 cm³/mol. The van der Waals surface area contributed by atoms with Crippen LogP contribution in [0.2, 0.25) is 5.02 Å². The van der Waals surface area contributed by atoms with Gasteiger partial charge in [-0.3, -0.25) is 0 Å². The average molecular weight is 223 g/mol. The van der Waals surface area contributed by atoms with Crippen molar-refractivity contribution < 1.29 is 4.42 Å². The number of anilines is 1. The van der Waals surface area contributed by atoms with Crippen molar-refractivity contribution in [2.75, 3.05) is 19.0 Å². The summed E-state index contributed by atoms with van der Waals surface area (Å²) in [5.41, 5.74) is 0.972. The summed E-state index contributed by atoms with van der Waals surface area (Å²) in [7, 11) is 3.77. The van der Waals surface area contributed by atoms with Gasteiger partial charge in [0.2, 0.25) is 0 Å². The number of aromatic nitrogens is 1. The van der Waals surface area contributed by atoms with E-state index in [9.17, 15) is 0 Å². The molecule has 78 valence electrons. The Balaban J connectivity index is 2.33. The molecule has 1 aromatic carbocycles. The van der Waals surface area contributed by atoms with Crippen molar-refractivity contribution in [1.82, 2.24) is 4.98 Å². The van der Waals surface area contributed by atoms with Crippen molar-refractivity contribution >= 4 is 17.6 Å². The minimum atomic E-state index is 0.597. The monoisotopic (exact) mass is 222 g/mol. The Morgan fingerprint density at radius 2 is 1.87 bits per heavy atom. The molecule has 0 atom stereocenters. The van der Waals surface area contributed by atoms with Crippen LogP contribution in [0.3, 0.4) is 0 Å². The first-order valence-electron chi connectivity index (χ1n) is 4.56. The number of nitrogens with zero attached hydrogens (tertiary/aromatic N) is 2. The minimum Gasteiger partial charge on any atom is -0.423 e. The van der Waals surface area contributed by atoms with Crippen LogP contribution in [-0.4, -0.2) is 19.1 Å². The van der Waals surface area contributed by atoms with Gasteiger partial charge in [0.15, 0.2) is 5.76 Å². The quantitative estimate of drug-likeness (QED) is 0.782. The van der Waals surface area contributed by atoms with Gasteiger partial charge in [0.1, 0.15) is 0 Å². The molecular formula is C11H11ClN2O. The summed E-state index contributed by atoms with van der Waals surface area (Å²) < 4.78 is 5.54. The lowest BCUT2D eigenvalue weighted by Crippen LogP contribution is -2.08. The van der Waals surface area contributed by atoms with E-state index in [4.69, 9.17) is 16.0 Å². The lowest BCUT2D eigenvalue weighted by atomic mass is 10.2. The average Bonchev–Trinajstić information content (AvgIpc) is 2.68. The highest BCUT2D eigenvalue weighted by atomic mass is 35.5. The smallest absolute Gasteiger partial charge is 0.297 e. The Hall–Kier alpha value is -1.48. The fourth-order valence-electron chi connectivity index (χ4n) is 1.22. The number of halogens is 1. The van der Waals surface area contributed by atoms with Crippen LogP contribution in [0.5, 0.6) is 0 Å². The zero-order valence-electron chi connectivity index (χ0n) is 8.57. The van der Waals surface area contributed by atoms with E-state index in [2.05, 4.69) is 4.98 Å². The van der Waals surface area contributed by atoms with Crippen LogP contribution in [0.4, 0.5) is 6.01 Å². The van der Waals surface area contributed by atoms with Gasteiger partial charge in [0, 0.05) is 24.7 Å². The van der Waals surface area contributed by atoms with E-state index in [1.54, 1.807) is 6.20 Å². The first-order chi connectivity index (χ1) is 7.16. The SMILES string of the molecule is CN(C)c1ncc(-c2ccc(Cl)cc2)o1. The van der Waals surface area contributed by atoms with Crippen LogP contribution in [0.25, 0.3) is 11.3 Å². The Morgan fingerprint density at radius 1 is 1.20 bits per heavy atom. The molecule has 15 heavy (non-hydrogen) atoms. The molecular weight excluding hydrogens is 212 g/mol. The minimum absolute atomic E-state index is 0.597. The van der Waals surface area contributed by atoms with Crippen LogP contribution in [-0.2, 0) is 0 Å². The van der Waals surface area contributed by atoms with E-state index in [1.807, 2.05) is 43.3 Å². The lowest BCUT2D eigenvalue weighted by molar-refractivity contribution is 0.569. The fourth-order valence-corrected chi connectivity index (χ4v) is 1.35. The van der Waals surface area contributed by atoms with Gasteiger partial charge in [-0.1, -0.05) is 11.6 Å². The summed E-state index contributed by atoms with van der Waals surface area (Å²) in [5.74, 6) is 0.746. The highest BCUT2D eigenvalue weighted by Crippen LogP contribution is 2.24. The van der Waals surface area contributed by atoms with Crippen molar-refractivity contribution in [3.05, 3.63) is 35.5 Å². The number of hydrogen-bond acceptors (Lipinski definition) is 3. The van der Waals surface area contributed by atoms with Crippen LogP contribution < -0.4 is 4.90 Å². The van der Waals surface area contributed by atoms with E-state index in [0.717, 1.165) is 11.3 Å². The molecule has 1 heterocycles. The number of rotatable bonds is 2. The van der Waals surface area contributed by atoms with Gasteiger partial charge in [-0.05, 0) is 24.3 Å². The molecule has 0 aliphatic heterocycles. The van der Waals surface area contributed by atoms with Gasteiger partial charge in [-0.15, -0.1) is 0 Å². The van der Waals surface area contributed by atoms with E-state index in [1.165, 1.54) is 0 Å². The summed E-state index contributed by atoms with van der Waals surface area (Å²) in [6.45, 7) is 0. The molecule has 2 aromatic rings. The largest absolute Gasteiger partial charge is 0.423 e. The molecule has 0 spiro atoms. The zero-order chi connectivity index (χ0) is 10.8. The fraction of sp³-hybridized carbons (Fsp3) is 0.182. The van der Waals surface area contributed by atoms with E-state index >= 15 is 0 Å². The first kappa shape index (κ1) is 10.1. The first-order valence-corrected chi connectivity index (χ1v) is 4.94. The molecule has 0 unspecified atom stereocenters. The summed E-state index contributed by atoms with van der Waals surface area (Å²) in [6, 6.07) is 8.06. The second-order valence-corrected chi connectivity index (χ2v) is 3.84. The lowest BCUT2D eigenvalue weighted by Gasteiger charge is -2.04. The third kappa shape index (κ3) is 2.13. The maximum atomic E-state index is 5.80. The Kier molecular flexibility index (Phi) is 2.64. The van der Waals surface area contributed by atoms with Crippen molar-refractivity contribution in [3.8, 4) is 11.3 Å².